The lowest BCUT2D eigenvalue weighted by Gasteiger charge is -2.15. The molecule has 7 rings (SSSR count). The third-order valence-electron chi connectivity index (χ3n) is 8.23. The summed E-state index contributed by atoms with van der Waals surface area (Å²) < 4.78 is 1.03. The monoisotopic (exact) mass is 610 g/mol. The van der Waals surface area contributed by atoms with Crippen molar-refractivity contribution in [1.82, 2.24) is 19.9 Å². The average Bonchev–Trinajstić information content (AvgIpc) is 3.38. The summed E-state index contributed by atoms with van der Waals surface area (Å²) in [5.74, 6) is 0.718. The van der Waals surface area contributed by atoms with Gasteiger partial charge in [0.2, 0.25) is 0 Å². The predicted octanol–water partition coefficient (Wildman–Crippen LogP) is 10.3. The molecular weight excluding hydrogens is 580 g/mol. The third kappa shape index (κ3) is 4.31. The highest BCUT2D eigenvalue weighted by Gasteiger charge is 2.19. The Kier molecular flexibility index (Phi) is 6.25. The van der Waals surface area contributed by atoms with E-state index in [1.807, 2.05) is 12.1 Å². The van der Waals surface area contributed by atoms with Gasteiger partial charge in [0.05, 0.1) is 16.7 Å². The van der Waals surface area contributed by atoms with Gasteiger partial charge in [-0.05, 0) is 100 Å². The van der Waals surface area contributed by atoms with Gasteiger partial charge < -0.3 is 4.98 Å². The van der Waals surface area contributed by atoms with Crippen LogP contribution in [0, 0.1) is 41.5 Å². The van der Waals surface area contributed by atoms with E-state index in [0.717, 1.165) is 60.1 Å². The fraction of sp³-hybridized carbons (Fsp3) is 0.162. The zero-order chi connectivity index (χ0) is 29.3. The highest BCUT2D eigenvalue weighted by atomic mass is 79.9. The summed E-state index contributed by atoms with van der Waals surface area (Å²) >= 11 is 3.54. The Bertz CT molecular complexity index is 2030. The molecule has 1 N–H and O–H groups in total. The lowest BCUT2D eigenvalue weighted by molar-refractivity contribution is 1.28. The minimum atomic E-state index is 0.718. The first-order valence-corrected chi connectivity index (χ1v) is 15.0. The highest BCUT2D eigenvalue weighted by molar-refractivity contribution is 9.10. The number of nitrogens with one attached hydrogen (secondary N) is 1. The molecule has 7 aromatic rings. The zero-order valence-corrected chi connectivity index (χ0v) is 26.2. The lowest BCUT2D eigenvalue weighted by Crippen LogP contribution is -1.97. The van der Waals surface area contributed by atoms with Crippen molar-refractivity contribution < 1.29 is 0 Å². The van der Waals surface area contributed by atoms with E-state index in [2.05, 4.69) is 123 Å². The molecule has 0 saturated carbocycles. The quantitative estimate of drug-likeness (QED) is 0.202. The lowest BCUT2D eigenvalue weighted by atomic mass is 9.95. The van der Waals surface area contributed by atoms with E-state index in [0.29, 0.717) is 0 Å². The number of aromatic amines is 1. The van der Waals surface area contributed by atoms with Crippen LogP contribution in [0.5, 0.6) is 0 Å². The Morgan fingerprint density at radius 2 is 1.10 bits per heavy atom. The van der Waals surface area contributed by atoms with Crippen molar-refractivity contribution in [2.45, 2.75) is 41.5 Å². The molecule has 42 heavy (non-hydrogen) atoms. The number of aromatic nitrogens is 4. The van der Waals surface area contributed by atoms with E-state index in [9.17, 15) is 0 Å². The molecule has 0 bridgehead atoms. The molecule has 4 nitrogen and oxygen atoms in total. The average molecular weight is 612 g/mol. The first-order valence-electron chi connectivity index (χ1n) is 14.2. The number of nitrogens with zero attached hydrogens (tertiary/aromatic N) is 3. The molecular formula is C37H31BrN4. The molecule has 3 aromatic heterocycles. The normalized spacial score (nSPS) is 11.7. The number of H-pyrrole nitrogens is 1. The smallest absolute Gasteiger partial charge is 0.160 e. The summed E-state index contributed by atoms with van der Waals surface area (Å²) in [6.45, 7) is 13.0. The van der Waals surface area contributed by atoms with Crippen molar-refractivity contribution in [3.63, 3.8) is 0 Å². The van der Waals surface area contributed by atoms with Gasteiger partial charge in [0.15, 0.2) is 5.82 Å². The van der Waals surface area contributed by atoms with E-state index in [-0.39, 0.29) is 0 Å². The highest BCUT2D eigenvalue weighted by Crippen LogP contribution is 2.38. The molecule has 0 radical (unpaired) electrons. The maximum atomic E-state index is 5.36. The summed E-state index contributed by atoms with van der Waals surface area (Å²) in [7, 11) is 0. The van der Waals surface area contributed by atoms with Crippen LogP contribution in [0.1, 0.15) is 33.4 Å². The predicted molar refractivity (Wildman–Crippen MR) is 179 cm³/mol. The molecule has 0 aliphatic heterocycles. The van der Waals surface area contributed by atoms with Crippen LogP contribution in [0.25, 0.3) is 66.7 Å². The van der Waals surface area contributed by atoms with Crippen molar-refractivity contribution in [2.24, 2.45) is 0 Å². The van der Waals surface area contributed by atoms with Crippen LogP contribution in [0.4, 0.5) is 0 Å². The second-order valence-corrected chi connectivity index (χ2v) is 12.5. The third-order valence-corrected chi connectivity index (χ3v) is 8.76. The van der Waals surface area contributed by atoms with Crippen LogP contribution in [0.3, 0.4) is 0 Å². The summed E-state index contributed by atoms with van der Waals surface area (Å²) in [6.07, 6.45) is 0. The van der Waals surface area contributed by atoms with Crippen molar-refractivity contribution in [1.29, 1.82) is 0 Å². The van der Waals surface area contributed by atoms with Gasteiger partial charge in [-0.1, -0.05) is 63.5 Å². The van der Waals surface area contributed by atoms with Gasteiger partial charge in [-0.25, -0.2) is 15.0 Å². The molecule has 206 valence electrons. The summed E-state index contributed by atoms with van der Waals surface area (Å²) in [6, 6.07) is 25.8. The molecule has 0 spiro atoms. The van der Waals surface area contributed by atoms with Gasteiger partial charge in [0.25, 0.3) is 0 Å². The number of hydrogen-bond acceptors (Lipinski definition) is 3. The van der Waals surface area contributed by atoms with Crippen molar-refractivity contribution >= 4 is 48.8 Å². The number of aryl methyl sites for hydroxylation is 6. The maximum absolute atomic E-state index is 5.36. The van der Waals surface area contributed by atoms with Gasteiger partial charge in [-0.15, -0.1) is 0 Å². The Labute approximate surface area is 254 Å². The number of pyridine rings is 2. The molecule has 0 atom stereocenters. The van der Waals surface area contributed by atoms with Crippen LogP contribution in [0.2, 0.25) is 0 Å². The maximum Gasteiger partial charge on any atom is 0.160 e. The summed E-state index contributed by atoms with van der Waals surface area (Å²) in [5, 5.41) is 2.01. The van der Waals surface area contributed by atoms with Gasteiger partial charge in [0, 0.05) is 37.6 Å². The van der Waals surface area contributed by atoms with Gasteiger partial charge >= 0.3 is 0 Å². The van der Waals surface area contributed by atoms with Crippen LogP contribution in [-0.4, -0.2) is 19.9 Å². The van der Waals surface area contributed by atoms with Crippen LogP contribution >= 0.6 is 15.9 Å². The first kappa shape index (κ1) is 26.5. The first-order chi connectivity index (χ1) is 20.2. The Morgan fingerprint density at radius 3 is 1.71 bits per heavy atom. The number of benzene rings is 4. The van der Waals surface area contributed by atoms with E-state index >= 15 is 0 Å². The largest absolute Gasteiger partial charge is 0.353 e. The number of hydrogen-bond donors (Lipinski definition) is 1. The summed E-state index contributed by atoms with van der Waals surface area (Å²) in [5.41, 5.74) is 16.5. The van der Waals surface area contributed by atoms with Crippen molar-refractivity contribution in [3.8, 4) is 33.9 Å². The van der Waals surface area contributed by atoms with E-state index in [1.165, 1.54) is 44.5 Å². The molecule has 0 fully saturated rings. The van der Waals surface area contributed by atoms with E-state index in [4.69, 9.17) is 15.0 Å². The second-order valence-electron chi connectivity index (χ2n) is 11.6. The molecule has 3 heterocycles. The number of halogens is 1. The minimum absolute atomic E-state index is 0.718. The molecule has 0 unspecified atom stereocenters. The fourth-order valence-electron chi connectivity index (χ4n) is 6.64. The molecule has 0 saturated heterocycles. The van der Waals surface area contributed by atoms with Crippen LogP contribution in [0.15, 0.2) is 77.3 Å². The van der Waals surface area contributed by atoms with E-state index in [1.54, 1.807) is 0 Å². The topological polar surface area (TPSA) is 54.5 Å². The van der Waals surface area contributed by atoms with Crippen LogP contribution in [-0.2, 0) is 0 Å². The number of imidazole rings is 1. The standard InChI is InChI=1S/C37H31BrN4/c1-19-15-21(3)31(22(4)16-19)29-13-11-27-33(39-29)34-28(12-14-30(40-34)32-23(5)17-20(2)18-24(32)6)36-35(27)41-37(42-36)25-7-9-26(38)10-8-25/h7-18,39H,1-6H3. The molecule has 4 aromatic carbocycles. The van der Waals surface area contributed by atoms with Crippen molar-refractivity contribution in [3.05, 3.63) is 111 Å². The molecule has 0 amide bonds. The Hall–Kier alpha value is -4.35. The minimum Gasteiger partial charge on any atom is -0.353 e. The fourth-order valence-corrected chi connectivity index (χ4v) is 6.90. The zero-order valence-electron chi connectivity index (χ0n) is 24.6. The van der Waals surface area contributed by atoms with Gasteiger partial charge in [-0.2, -0.15) is 0 Å². The second kappa shape index (κ2) is 9.88. The molecule has 5 heteroatoms. The molecule has 0 aliphatic rings. The van der Waals surface area contributed by atoms with Crippen molar-refractivity contribution in [2.75, 3.05) is 0 Å². The molecule has 0 aliphatic carbocycles. The van der Waals surface area contributed by atoms with Gasteiger partial charge in [0.1, 0.15) is 11.0 Å². The Morgan fingerprint density at radius 1 is 0.548 bits per heavy atom. The Balaban J connectivity index is 1.57. The SMILES string of the molecule is Cc1cc(C)c(-c2ccc3c4nc(-c5ccc(Br)cc5)nc4c4ccc(-c5c(C)cc(C)cc5C)[nH]c4c3n2)c(C)c1. The van der Waals surface area contributed by atoms with Crippen LogP contribution < -0.4 is 0 Å². The number of rotatable bonds is 3. The summed E-state index contributed by atoms with van der Waals surface area (Å²) in [4.78, 5) is 19.3. The number of fused-ring (bicyclic) bond motifs is 6. The van der Waals surface area contributed by atoms with Gasteiger partial charge in [-0.3, -0.25) is 0 Å². The van der Waals surface area contributed by atoms with E-state index < -0.39 is 0 Å².